The van der Waals surface area contributed by atoms with Gasteiger partial charge in [0.2, 0.25) is 0 Å². The third kappa shape index (κ3) is 3.81. The molecule has 0 aliphatic carbocycles. The second-order valence-electron chi connectivity index (χ2n) is 8.14. The van der Waals surface area contributed by atoms with Gasteiger partial charge < -0.3 is 4.57 Å². The van der Waals surface area contributed by atoms with E-state index in [-0.39, 0.29) is 0 Å². The van der Waals surface area contributed by atoms with E-state index in [1.807, 2.05) is 12.3 Å². The summed E-state index contributed by atoms with van der Waals surface area (Å²) in [6.07, 6.45) is 8.42. The first-order valence-electron chi connectivity index (χ1n) is 10.8. The summed E-state index contributed by atoms with van der Waals surface area (Å²) < 4.78 is 2.41. The average molecular weight is 394 g/mol. The van der Waals surface area contributed by atoms with E-state index in [4.69, 9.17) is 0 Å². The quantitative estimate of drug-likeness (QED) is 0.442. The summed E-state index contributed by atoms with van der Waals surface area (Å²) in [5.74, 6) is 0. The SMILES string of the molecule is Cc1ccc2c(c1)c1c(n2C=Cc2ccccc2)CCN(CCc2ccccn2)C1. The van der Waals surface area contributed by atoms with Crippen LogP contribution in [0.3, 0.4) is 0 Å². The van der Waals surface area contributed by atoms with Gasteiger partial charge in [-0.3, -0.25) is 9.88 Å². The molecule has 2 aromatic heterocycles. The van der Waals surface area contributed by atoms with Gasteiger partial charge in [-0.25, -0.2) is 0 Å². The summed E-state index contributed by atoms with van der Waals surface area (Å²) in [4.78, 5) is 7.06. The lowest BCUT2D eigenvalue weighted by Gasteiger charge is -2.27. The number of nitrogens with zero attached hydrogens (tertiary/aromatic N) is 3. The second-order valence-corrected chi connectivity index (χ2v) is 8.14. The van der Waals surface area contributed by atoms with Crippen molar-refractivity contribution in [2.45, 2.75) is 26.3 Å². The number of hydrogen-bond acceptors (Lipinski definition) is 2. The van der Waals surface area contributed by atoms with Crippen LogP contribution in [-0.2, 0) is 19.4 Å². The molecule has 0 unspecified atom stereocenters. The molecule has 3 heteroatoms. The van der Waals surface area contributed by atoms with Crippen LogP contribution in [0.4, 0.5) is 0 Å². The minimum atomic E-state index is 1.00. The van der Waals surface area contributed by atoms with E-state index in [9.17, 15) is 0 Å². The zero-order valence-corrected chi connectivity index (χ0v) is 17.5. The molecule has 0 bridgehead atoms. The first-order valence-corrected chi connectivity index (χ1v) is 10.8. The van der Waals surface area contributed by atoms with E-state index >= 15 is 0 Å². The Kier molecular flexibility index (Phi) is 5.20. The molecule has 2 aromatic carbocycles. The maximum Gasteiger partial charge on any atom is 0.0528 e. The minimum absolute atomic E-state index is 1.00. The lowest BCUT2D eigenvalue weighted by Crippen LogP contribution is -2.32. The van der Waals surface area contributed by atoms with Gasteiger partial charge in [-0.2, -0.15) is 0 Å². The molecule has 0 saturated carbocycles. The molecule has 0 N–H and O–H groups in total. The van der Waals surface area contributed by atoms with Gasteiger partial charge in [0.15, 0.2) is 0 Å². The molecule has 3 nitrogen and oxygen atoms in total. The molecule has 30 heavy (non-hydrogen) atoms. The second kappa shape index (κ2) is 8.29. The number of aromatic nitrogens is 2. The predicted molar refractivity (Wildman–Crippen MR) is 125 cm³/mol. The van der Waals surface area contributed by atoms with Gasteiger partial charge in [0.1, 0.15) is 0 Å². The van der Waals surface area contributed by atoms with Crippen LogP contribution < -0.4 is 0 Å². The third-order valence-electron chi connectivity index (χ3n) is 6.05. The van der Waals surface area contributed by atoms with Gasteiger partial charge in [-0.05, 0) is 48.4 Å². The Bertz CT molecular complexity index is 1170. The summed E-state index contributed by atoms with van der Waals surface area (Å²) in [5, 5.41) is 1.39. The van der Waals surface area contributed by atoms with Gasteiger partial charge in [-0.15, -0.1) is 0 Å². The molecule has 0 spiro atoms. The van der Waals surface area contributed by atoms with Gasteiger partial charge in [0, 0.05) is 61.6 Å². The van der Waals surface area contributed by atoms with Crippen LogP contribution in [-0.4, -0.2) is 27.5 Å². The molecule has 150 valence electrons. The van der Waals surface area contributed by atoms with Crippen LogP contribution in [0.15, 0.2) is 72.9 Å². The van der Waals surface area contributed by atoms with Crippen LogP contribution in [0, 0.1) is 6.92 Å². The molecule has 3 heterocycles. The maximum absolute atomic E-state index is 4.49. The fraction of sp³-hybridized carbons (Fsp3) is 0.222. The zero-order valence-electron chi connectivity index (χ0n) is 17.5. The van der Waals surface area contributed by atoms with Crippen LogP contribution in [0.1, 0.15) is 28.1 Å². The standard InChI is InChI=1S/C27H27N3/c1-21-10-11-26-24(19-21)25-20-29(16-13-23-9-5-6-15-28-23)17-14-27(25)30(26)18-12-22-7-3-2-4-8-22/h2-12,15,18-19H,13-14,16-17,20H2,1H3. The van der Waals surface area contributed by atoms with E-state index < -0.39 is 0 Å². The van der Waals surface area contributed by atoms with E-state index in [2.05, 4.69) is 94.3 Å². The largest absolute Gasteiger partial charge is 0.320 e. The van der Waals surface area contributed by atoms with Gasteiger partial charge in [-0.1, -0.05) is 48.0 Å². The number of hydrogen-bond donors (Lipinski definition) is 0. The molecule has 0 saturated heterocycles. The van der Waals surface area contributed by atoms with Gasteiger partial charge >= 0.3 is 0 Å². The lowest BCUT2D eigenvalue weighted by molar-refractivity contribution is 0.256. The topological polar surface area (TPSA) is 21.1 Å². The van der Waals surface area contributed by atoms with Crippen molar-refractivity contribution in [3.8, 4) is 0 Å². The summed E-state index contributed by atoms with van der Waals surface area (Å²) in [6, 6.07) is 23.6. The molecular formula is C27H27N3. The predicted octanol–water partition coefficient (Wildman–Crippen LogP) is 5.57. The monoisotopic (exact) mass is 393 g/mol. The molecule has 0 radical (unpaired) electrons. The van der Waals surface area contributed by atoms with Gasteiger partial charge in [0.05, 0.1) is 5.52 Å². The number of benzene rings is 2. The van der Waals surface area contributed by atoms with Crippen molar-refractivity contribution in [2.75, 3.05) is 13.1 Å². The molecule has 0 fully saturated rings. The highest BCUT2D eigenvalue weighted by molar-refractivity contribution is 5.89. The summed E-state index contributed by atoms with van der Waals surface area (Å²) in [7, 11) is 0. The Morgan fingerprint density at radius 2 is 1.87 bits per heavy atom. The van der Waals surface area contributed by atoms with E-state index in [1.54, 1.807) is 0 Å². The smallest absolute Gasteiger partial charge is 0.0528 e. The molecule has 0 amide bonds. The first-order chi connectivity index (χ1) is 14.8. The van der Waals surface area contributed by atoms with Crippen molar-refractivity contribution >= 4 is 23.2 Å². The minimum Gasteiger partial charge on any atom is -0.320 e. The fourth-order valence-corrected chi connectivity index (χ4v) is 4.47. The number of fused-ring (bicyclic) bond motifs is 3. The number of pyridine rings is 1. The lowest BCUT2D eigenvalue weighted by atomic mass is 10.0. The summed E-state index contributed by atoms with van der Waals surface area (Å²) >= 11 is 0. The Hall–Kier alpha value is -3.17. The van der Waals surface area contributed by atoms with E-state index in [0.717, 1.165) is 32.5 Å². The zero-order chi connectivity index (χ0) is 20.3. The molecule has 0 atom stereocenters. The first kappa shape index (κ1) is 18.8. The van der Waals surface area contributed by atoms with Crippen LogP contribution in [0.5, 0.6) is 0 Å². The Labute approximate surface area is 178 Å². The normalized spacial score (nSPS) is 14.4. The van der Waals surface area contributed by atoms with Crippen molar-refractivity contribution in [1.82, 2.24) is 14.5 Å². The number of aryl methyl sites for hydroxylation is 1. The Morgan fingerprint density at radius 1 is 1.00 bits per heavy atom. The Balaban J connectivity index is 1.45. The highest BCUT2D eigenvalue weighted by atomic mass is 15.1. The van der Waals surface area contributed by atoms with Crippen LogP contribution in [0.25, 0.3) is 23.2 Å². The highest BCUT2D eigenvalue weighted by Crippen LogP contribution is 2.32. The summed E-state index contributed by atoms with van der Waals surface area (Å²) in [5.41, 5.74) is 7.97. The van der Waals surface area contributed by atoms with Crippen molar-refractivity contribution in [2.24, 2.45) is 0 Å². The molecular weight excluding hydrogens is 366 g/mol. The maximum atomic E-state index is 4.49. The van der Waals surface area contributed by atoms with Crippen LogP contribution in [0.2, 0.25) is 0 Å². The van der Waals surface area contributed by atoms with Crippen molar-refractivity contribution in [3.05, 3.63) is 101 Å². The summed E-state index contributed by atoms with van der Waals surface area (Å²) in [6.45, 7) is 5.34. The number of rotatable bonds is 5. The van der Waals surface area contributed by atoms with Crippen molar-refractivity contribution < 1.29 is 0 Å². The third-order valence-corrected chi connectivity index (χ3v) is 6.05. The Morgan fingerprint density at radius 3 is 2.70 bits per heavy atom. The fourth-order valence-electron chi connectivity index (χ4n) is 4.47. The molecule has 1 aliphatic heterocycles. The molecule has 4 aromatic rings. The highest BCUT2D eigenvalue weighted by Gasteiger charge is 2.23. The van der Waals surface area contributed by atoms with E-state index in [1.165, 1.54) is 39.0 Å². The van der Waals surface area contributed by atoms with Crippen LogP contribution >= 0.6 is 0 Å². The molecule has 1 aliphatic rings. The van der Waals surface area contributed by atoms with E-state index in [0.29, 0.717) is 0 Å². The molecule has 5 rings (SSSR count). The average Bonchev–Trinajstić information content (AvgIpc) is 3.10. The van der Waals surface area contributed by atoms with Gasteiger partial charge in [0.25, 0.3) is 0 Å². The van der Waals surface area contributed by atoms with Crippen molar-refractivity contribution in [1.29, 1.82) is 0 Å². The van der Waals surface area contributed by atoms with Crippen molar-refractivity contribution in [3.63, 3.8) is 0 Å².